The lowest BCUT2D eigenvalue weighted by Gasteiger charge is -2.20. The second-order valence-electron chi connectivity index (χ2n) is 6.49. The fourth-order valence-corrected chi connectivity index (χ4v) is 3.18. The van der Waals surface area contributed by atoms with Crippen LogP contribution < -0.4 is 10.6 Å². The summed E-state index contributed by atoms with van der Waals surface area (Å²) in [5.74, 6) is 0.0165. The van der Waals surface area contributed by atoms with Gasteiger partial charge in [-0.1, -0.05) is 60.7 Å². The third-order valence-corrected chi connectivity index (χ3v) is 4.50. The first-order valence-electron chi connectivity index (χ1n) is 9.02. The predicted octanol–water partition coefficient (Wildman–Crippen LogP) is 2.86. The van der Waals surface area contributed by atoms with Crippen LogP contribution in [0.5, 0.6) is 0 Å². The summed E-state index contributed by atoms with van der Waals surface area (Å²) in [7, 11) is 0. The Morgan fingerprint density at radius 2 is 1.80 bits per heavy atom. The number of hydrogen-bond donors (Lipinski definition) is 2. The third-order valence-electron chi connectivity index (χ3n) is 4.50. The number of nitrogens with one attached hydrogen (secondary N) is 2. The predicted molar refractivity (Wildman–Crippen MR) is 99.3 cm³/mol. The lowest BCUT2D eigenvalue weighted by Crippen LogP contribution is -2.39. The first-order chi connectivity index (χ1) is 12.3. The second-order valence-corrected chi connectivity index (χ2v) is 6.49. The summed E-state index contributed by atoms with van der Waals surface area (Å²) in [6.45, 7) is 1.89. The zero-order chi connectivity index (χ0) is 17.3. The van der Waals surface area contributed by atoms with Crippen molar-refractivity contribution in [3.05, 3.63) is 71.8 Å². The molecule has 2 atom stereocenters. The molecule has 1 aliphatic heterocycles. The van der Waals surface area contributed by atoms with E-state index in [1.54, 1.807) is 0 Å². The fourth-order valence-electron chi connectivity index (χ4n) is 3.18. The molecule has 2 unspecified atom stereocenters. The number of hydrogen-bond acceptors (Lipinski definition) is 3. The van der Waals surface area contributed by atoms with E-state index in [0.29, 0.717) is 6.54 Å². The van der Waals surface area contributed by atoms with Gasteiger partial charge >= 0.3 is 0 Å². The molecule has 0 radical (unpaired) electrons. The van der Waals surface area contributed by atoms with Crippen molar-refractivity contribution in [3.8, 4) is 0 Å². The van der Waals surface area contributed by atoms with Gasteiger partial charge in [-0.2, -0.15) is 0 Å². The number of amides is 1. The fraction of sp³-hybridized carbons (Fsp3) is 0.381. The summed E-state index contributed by atoms with van der Waals surface area (Å²) in [5, 5.41) is 6.38. The molecular formula is C21H26N2O2. The Morgan fingerprint density at radius 3 is 2.48 bits per heavy atom. The van der Waals surface area contributed by atoms with Crippen molar-refractivity contribution in [3.63, 3.8) is 0 Å². The number of rotatable bonds is 8. The van der Waals surface area contributed by atoms with Crippen molar-refractivity contribution in [2.45, 2.75) is 31.4 Å². The Bertz CT molecular complexity index is 639. The molecule has 0 aliphatic carbocycles. The zero-order valence-electron chi connectivity index (χ0n) is 14.5. The zero-order valence-corrected chi connectivity index (χ0v) is 14.5. The van der Waals surface area contributed by atoms with Crippen molar-refractivity contribution in [2.24, 2.45) is 0 Å². The smallest absolute Gasteiger partial charge is 0.234 e. The highest BCUT2D eigenvalue weighted by molar-refractivity contribution is 5.78. The third kappa shape index (κ3) is 5.69. The lowest BCUT2D eigenvalue weighted by atomic mass is 9.99. The van der Waals surface area contributed by atoms with Crippen molar-refractivity contribution in [1.29, 1.82) is 0 Å². The van der Waals surface area contributed by atoms with Gasteiger partial charge in [0, 0.05) is 13.2 Å². The van der Waals surface area contributed by atoms with E-state index < -0.39 is 0 Å². The van der Waals surface area contributed by atoms with Crippen LogP contribution in [0.3, 0.4) is 0 Å². The van der Waals surface area contributed by atoms with Crippen LogP contribution in [0.2, 0.25) is 0 Å². The summed E-state index contributed by atoms with van der Waals surface area (Å²) in [4.78, 5) is 12.4. The van der Waals surface area contributed by atoms with E-state index in [9.17, 15) is 4.79 Å². The van der Waals surface area contributed by atoms with Crippen LogP contribution in [0.1, 0.15) is 30.0 Å². The summed E-state index contributed by atoms with van der Waals surface area (Å²) >= 11 is 0. The monoisotopic (exact) mass is 338 g/mol. The highest BCUT2D eigenvalue weighted by Gasteiger charge is 2.17. The molecule has 132 valence electrons. The van der Waals surface area contributed by atoms with E-state index in [2.05, 4.69) is 34.9 Å². The van der Waals surface area contributed by atoms with Gasteiger partial charge in [0.05, 0.1) is 18.7 Å². The first kappa shape index (κ1) is 17.6. The Balaban J connectivity index is 1.56. The second kappa shape index (κ2) is 9.35. The molecule has 1 heterocycles. The minimum Gasteiger partial charge on any atom is -0.377 e. The molecule has 1 fully saturated rings. The Kier molecular flexibility index (Phi) is 6.60. The first-order valence-corrected chi connectivity index (χ1v) is 9.02. The van der Waals surface area contributed by atoms with E-state index >= 15 is 0 Å². The quantitative estimate of drug-likeness (QED) is 0.778. The standard InChI is InChI=1S/C21H26N2O2/c24-21(16-22-15-19-12-7-13-25-19)23-20(18-10-5-2-6-11-18)14-17-8-3-1-4-9-17/h1-6,8-11,19-20,22H,7,12-16H2,(H,23,24). The lowest BCUT2D eigenvalue weighted by molar-refractivity contribution is -0.121. The van der Waals surface area contributed by atoms with Gasteiger partial charge < -0.3 is 15.4 Å². The Morgan fingerprint density at radius 1 is 1.08 bits per heavy atom. The van der Waals surface area contributed by atoms with Crippen molar-refractivity contribution >= 4 is 5.91 Å². The van der Waals surface area contributed by atoms with E-state index in [0.717, 1.165) is 38.0 Å². The molecule has 2 N–H and O–H groups in total. The van der Waals surface area contributed by atoms with Gasteiger partial charge in [-0.25, -0.2) is 0 Å². The summed E-state index contributed by atoms with van der Waals surface area (Å²) in [6, 6.07) is 20.4. The van der Waals surface area contributed by atoms with Crippen molar-refractivity contribution in [1.82, 2.24) is 10.6 Å². The normalized spacial score (nSPS) is 18.0. The van der Waals surface area contributed by atoms with Crippen LogP contribution in [0, 0.1) is 0 Å². The maximum atomic E-state index is 12.4. The van der Waals surface area contributed by atoms with Crippen molar-refractivity contribution in [2.75, 3.05) is 19.7 Å². The summed E-state index contributed by atoms with van der Waals surface area (Å²) in [6.07, 6.45) is 3.23. The summed E-state index contributed by atoms with van der Waals surface area (Å²) in [5.41, 5.74) is 2.34. The molecule has 25 heavy (non-hydrogen) atoms. The van der Waals surface area contributed by atoms with Gasteiger partial charge in [0.2, 0.25) is 5.91 Å². The van der Waals surface area contributed by atoms with Crippen LogP contribution in [0.4, 0.5) is 0 Å². The SMILES string of the molecule is O=C(CNCC1CCCO1)NC(Cc1ccccc1)c1ccccc1. The molecule has 0 saturated carbocycles. The number of carbonyl (C=O) groups excluding carboxylic acids is 1. The van der Waals surface area contributed by atoms with Gasteiger partial charge in [0.15, 0.2) is 0 Å². The largest absolute Gasteiger partial charge is 0.377 e. The van der Waals surface area contributed by atoms with Gasteiger partial charge in [0.1, 0.15) is 0 Å². The van der Waals surface area contributed by atoms with Crippen molar-refractivity contribution < 1.29 is 9.53 Å². The topological polar surface area (TPSA) is 50.4 Å². The van der Waals surface area contributed by atoms with Crippen LogP contribution in [0.25, 0.3) is 0 Å². The molecular weight excluding hydrogens is 312 g/mol. The van der Waals surface area contributed by atoms with Gasteiger partial charge in [-0.15, -0.1) is 0 Å². The highest BCUT2D eigenvalue weighted by atomic mass is 16.5. The van der Waals surface area contributed by atoms with Gasteiger partial charge in [-0.3, -0.25) is 4.79 Å². The van der Waals surface area contributed by atoms with E-state index in [1.807, 2.05) is 36.4 Å². The number of benzene rings is 2. The molecule has 1 amide bonds. The minimum atomic E-state index is -0.0272. The molecule has 4 nitrogen and oxygen atoms in total. The molecule has 0 spiro atoms. The van der Waals surface area contributed by atoms with E-state index in [-0.39, 0.29) is 18.1 Å². The van der Waals surface area contributed by atoms with Crippen LogP contribution >= 0.6 is 0 Å². The summed E-state index contributed by atoms with van der Waals surface area (Å²) < 4.78 is 5.57. The molecule has 2 aromatic carbocycles. The van der Waals surface area contributed by atoms with Gasteiger partial charge in [0.25, 0.3) is 0 Å². The Labute approximate surface area is 149 Å². The molecule has 1 aliphatic rings. The van der Waals surface area contributed by atoms with Crippen LogP contribution in [-0.2, 0) is 16.0 Å². The van der Waals surface area contributed by atoms with Crippen LogP contribution in [0.15, 0.2) is 60.7 Å². The minimum absolute atomic E-state index is 0.0165. The Hall–Kier alpha value is -2.17. The molecule has 3 rings (SSSR count). The average Bonchev–Trinajstić information content (AvgIpc) is 3.16. The van der Waals surface area contributed by atoms with Gasteiger partial charge in [-0.05, 0) is 30.4 Å². The van der Waals surface area contributed by atoms with Crippen LogP contribution in [-0.4, -0.2) is 31.7 Å². The maximum absolute atomic E-state index is 12.4. The van der Waals surface area contributed by atoms with E-state index in [4.69, 9.17) is 4.74 Å². The highest BCUT2D eigenvalue weighted by Crippen LogP contribution is 2.18. The molecule has 4 heteroatoms. The van der Waals surface area contributed by atoms with E-state index in [1.165, 1.54) is 5.56 Å². The molecule has 2 aromatic rings. The number of ether oxygens (including phenoxy) is 1. The molecule has 0 aromatic heterocycles. The molecule has 0 bridgehead atoms. The average molecular weight is 338 g/mol. The molecule has 1 saturated heterocycles. The number of carbonyl (C=O) groups is 1. The maximum Gasteiger partial charge on any atom is 0.234 e.